The Kier molecular flexibility index (Phi) is 5.65. The van der Waals surface area contributed by atoms with Crippen LogP contribution in [0.1, 0.15) is 26.7 Å². The predicted octanol–water partition coefficient (Wildman–Crippen LogP) is 2.20. The second-order valence-electron chi connectivity index (χ2n) is 5.49. The fourth-order valence-electron chi connectivity index (χ4n) is 2.60. The molecule has 124 valence electrons. The molecule has 1 aromatic rings. The number of thioether (sulfide) groups is 1. The number of carbonyl (C=O) groups excluding carboxylic acids is 2. The molecular weight excluding hydrogens is 316 g/mol. The summed E-state index contributed by atoms with van der Waals surface area (Å²) in [5.74, 6) is -1.22. The lowest BCUT2D eigenvalue weighted by molar-refractivity contribution is -0.147. The van der Waals surface area contributed by atoms with Gasteiger partial charge in [0.2, 0.25) is 11.8 Å². The van der Waals surface area contributed by atoms with Crippen LogP contribution in [0.15, 0.2) is 29.2 Å². The third-order valence-corrected chi connectivity index (χ3v) is 4.76. The van der Waals surface area contributed by atoms with Crippen molar-refractivity contribution in [1.82, 2.24) is 4.90 Å². The number of nitrogens with zero attached hydrogens (tertiary/aromatic N) is 1. The fourth-order valence-corrected chi connectivity index (χ4v) is 3.53. The van der Waals surface area contributed by atoms with Crippen LogP contribution >= 0.6 is 11.8 Å². The van der Waals surface area contributed by atoms with E-state index < -0.39 is 12.0 Å². The van der Waals surface area contributed by atoms with Gasteiger partial charge in [-0.25, -0.2) is 4.79 Å². The zero-order valence-electron chi connectivity index (χ0n) is 13.1. The van der Waals surface area contributed by atoms with Gasteiger partial charge >= 0.3 is 5.97 Å². The largest absolute Gasteiger partial charge is 0.480 e. The van der Waals surface area contributed by atoms with Crippen molar-refractivity contribution in [1.29, 1.82) is 0 Å². The molecule has 0 saturated carbocycles. The van der Waals surface area contributed by atoms with E-state index in [1.807, 2.05) is 12.1 Å². The molecule has 1 unspecified atom stereocenters. The van der Waals surface area contributed by atoms with Crippen LogP contribution in [0.25, 0.3) is 0 Å². The van der Waals surface area contributed by atoms with Crippen LogP contribution in [0.5, 0.6) is 0 Å². The predicted molar refractivity (Wildman–Crippen MR) is 88.4 cm³/mol. The monoisotopic (exact) mass is 336 g/mol. The van der Waals surface area contributed by atoms with Crippen LogP contribution in [-0.4, -0.2) is 45.6 Å². The van der Waals surface area contributed by atoms with Gasteiger partial charge in [-0.1, -0.05) is 0 Å². The summed E-state index contributed by atoms with van der Waals surface area (Å²) in [6.07, 6.45) is 1.25. The first-order valence-corrected chi connectivity index (χ1v) is 8.34. The zero-order chi connectivity index (χ0) is 17.0. The number of rotatable bonds is 5. The standard InChI is InChI=1S/C16H20N2O4S/c1-10(15(20)18-9-3-4-14(18)16(21)22)23-13-7-5-12(6-8-13)17-11(2)19/h5-8,10,14H,3-4,9H2,1-2H3,(H,17,19)(H,21,22)/t10?,14-/m1/s1. The van der Waals surface area contributed by atoms with Gasteiger partial charge < -0.3 is 15.3 Å². The van der Waals surface area contributed by atoms with Gasteiger partial charge in [0.05, 0.1) is 5.25 Å². The van der Waals surface area contributed by atoms with Crippen LogP contribution in [0.2, 0.25) is 0 Å². The van der Waals surface area contributed by atoms with E-state index in [4.69, 9.17) is 0 Å². The topological polar surface area (TPSA) is 86.7 Å². The average molecular weight is 336 g/mol. The van der Waals surface area contributed by atoms with E-state index in [1.54, 1.807) is 19.1 Å². The maximum absolute atomic E-state index is 12.5. The summed E-state index contributed by atoms with van der Waals surface area (Å²) in [4.78, 5) is 37.0. The minimum atomic E-state index is -0.937. The second-order valence-corrected chi connectivity index (χ2v) is 6.91. The number of nitrogens with one attached hydrogen (secondary N) is 1. The van der Waals surface area contributed by atoms with Crippen molar-refractivity contribution >= 4 is 35.2 Å². The van der Waals surface area contributed by atoms with E-state index in [9.17, 15) is 19.5 Å². The van der Waals surface area contributed by atoms with Crippen LogP contribution in [-0.2, 0) is 14.4 Å². The van der Waals surface area contributed by atoms with E-state index in [0.29, 0.717) is 18.7 Å². The third-order valence-electron chi connectivity index (χ3n) is 3.66. The molecule has 7 heteroatoms. The minimum absolute atomic E-state index is 0.136. The number of hydrogen-bond acceptors (Lipinski definition) is 4. The molecule has 0 bridgehead atoms. The number of anilines is 1. The molecule has 0 spiro atoms. The van der Waals surface area contributed by atoms with Gasteiger partial charge in [0.1, 0.15) is 6.04 Å². The molecule has 2 rings (SSSR count). The van der Waals surface area contributed by atoms with E-state index >= 15 is 0 Å². The minimum Gasteiger partial charge on any atom is -0.480 e. The highest BCUT2D eigenvalue weighted by atomic mass is 32.2. The van der Waals surface area contributed by atoms with Gasteiger partial charge in [-0.2, -0.15) is 0 Å². The summed E-state index contributed by atoms with van der Waals surface area (Å²) in [5.41, 5.74) is 0.700. The maximum Gasteiger partial charge on any atom is 0.326 e. The van der Waals surface area contributed by atoms with Gasteiger partial charge in [-0.3, -0.25) is 9.59 Å². The molecule has 23 heavy (non-hydrogen) atoms. The van der Waals surface area contributed by atoms with Gasteiger partial charge in [-0.05, 0) is 44.0 Å². The molecule has 1 saturated heterocycles. The number of aliphatic carboxylic acids is 1. The number of carbonyl (C=O) groups is 3. The molecule has 1 fully saturated rings. The van der Waals surface area contributed by atoms with E-state index in [0.717, 1.165) is 11.3 Å². The Hall–Kier alpha value is -2.02. The average Bonchev–Trinajstić information content (AvgIpc) is 2.97. The molecule has 2 atom stereocenters. The van der Waals surface area contributed by atoms with Crippen LogP contribution in [0.4, 0.5) is 5.69 Å². The molecule has 6 nitrogen and oxygen atoms in total. The van der Waals surface area contributed by atoms with Gasteiger partial charge in [-0.15, -0.1) is 11.8 Å². The lowest BCUT2D eigenvalue weighted by atomic mass is 10.2. The van der Waals surface area contributed by atoms with Crippen molar-refractivity contribution in [2.24, 2.45) is 0 Å². The van der Waals surface area contributed by atoms with Crippen LogP contribution in [0, 0.1) is 0 Å². The van der Waals surface area contributed by atoms with Crippen molar-refractivity contribution in [2.45, 2.75) is 42.9 Å². The number of likely N-dealkylation sites (tertiary alicyclic amines) is 1. The van der Waals surface area contributed by atoms with Crippen molar-refractivity contribution in [3.05, 3.63) is 24.3 Å². The smallest absolute Gasteiger partial charge is 0.326 e. The molecule has 2 amide bonds. The Morgan fingerprint density at radius 3 is 2.52 bits per heavy atom. The highest BCUT2D eigenvalue weighted by Gasteiger charge is 2.35. The van der Waals surface area contributed by atoms with Crippen molar-refractivity contribution in [3.8, 4) is 0 Å². The first-order chi connectivity index (χ1) is 10.9. The number of carboxylic acid groups (broad SMARTS) is 1. The summed E-state index contributed by atoms with van der Waals surface area (Å²) < 4.78 is 0. The van der Waals surface area contributed by atoms with Crippen LogP contribution < -0.4 is 5.32 Å². The Morgan fingerprint density at radius 2 is 1.96 bits per heavy atom. The fraction of sp³-hybridized carbons (Fsp3) is 0.438. The molecule has 2 N–H and O–H groups in total. The maximum atomic E-state index is 12.5. The molecule has 0 radical (unpaired) electrons. The quantitative estimate of drug-likeness (QED) is 0.805. The first-order valence-electron chi connectivity index (χ1n) is 7.46. The summed E-state index contributed by atoms with van der Waals surface area (Å²) in [5, 5.41) is 11.5. The van der Waals surface area contributed by atoms with E-state index in [2.05, 4.69) is 5.32 Å². The van der Waals surface area contributed by atoms with Crippen LogP contribution in [0.3, 0.4) is 0 Å². The Balaban J connectivity index is 1.98. The lowest BCUT2D eigenvalue weighted by Gasteiger charge is -2.24. The highest BCUT2D eigenvalue weighted by molar-refractivity contribution is 8.00. The van der Waals surface area contributed by atoms with Crippen molar-refractivity contribution in [2.75, 3.05) is 11.9 Å². The highest BCUT2D eigenvalue weighted by Crippen LogP contribution is 2.28. The normalized spacial score (nSPS) is 18.5. The molecule has 0 aliphatic carbocycles. The molecule has 1 aliphatic rings. The van der Waals surface area contributed by atoms with Gasteiger partial charge in [0, 0.05) is 24.1 Å². The number of benzene rings is 1. The zero-order valence-corrected chi connectivity index (χ0v) is 13.9. The Labute approximate surface area is 139 Å². The van der Waals surface area contributed by atoms with Gasteiger partial charge in [0.15, 0.2) is 0 Å². The Bertz CT molecular complexity index is 603. The van der Waals surface area contributed by atoms with E-state index in [1.165, 1.54) is 23.6 Å². The number of carboxylic acids is 1. The molecule has 1 aromatic carbocycles. The first kappa shape index (κ1) is 17.3. The van der Waals surface area contributed by atoms with Crippen molar-refractivity contribution < 1.29 is 19.5 Å². The lowest BCUT2D eigenvalue weighted by Crippen LogP contribution is -2.43. The molecule has 1 aliphatic heterocycles. The molecule has 0 aromatic heterocycles. The number of amides is 2. The SMILES string of the molecule is CC(=O)Nc1ccc(SC(C)C(=O)N2CCC[C@@H]2C(=O)O)cc1. The third kappa shape index (κ3) is 4.48. The second kappa shape index (κ2) is 7.50. The summed E-state index contributed by atoms with van der Waals surface area (Å²) in [7, 11) is 0. The Morgan fingerprint density at radius 1 is 1.30 bits per heavy atom. The van der Waals surface area contributed by atoms with E-state index in [-0.39, 0.29) is 17.1 Å². The number of hydrogen-bond donors (Lipinski definition) is 2. The molecule has 1 heterocycles. The van der Waals surface area contributed by atoms with Gasteiger partial charge in [0.25, 0.3) is 0 Å². The summed E-state index contributed by atoms with van der Waals surface area (Å²) in [6, 6.07) is 6.51. The van der Waals surface area contributed by atoms with Crippen molar-refractivity contribution in [3.63, 3.8) is 0 Å². The summed E-state index contributed by atoms with van der Waals surface area (Å²) in [6.45, 7) is 3.73. The molecular formula is C16H20N2O4S. The summed E-state index contributed by atoms with van der Waals surface area (Å²) >= 11 is 1.38.